The molecule has 0 bridgehead atoms. The molecule has 1 aromatic carbocycles. The summed E-state index contributed by atoms with van der Waals surface area (Å²) >= 11 is 0. The van der Waals surface area contributed by atoms with Gasteiger partial charge in [0.2, 0.25) is 5.43 Å². The highest BCUT2D eigenvalue weighted by Gasteiger charge is 2.44. The molecule has 2 aromatic heterocycles. The Kier molecular flexibility index (Phi) is 5.05. The molecule has 33 heavy (non-hydrogen) atoms. The van der Waals surface area contributed by atoms with Gasteiger partial charge < -0.3 is 35.5 Å². The fourth-order valence-electron chi connectivity index (χ4n) is 4.40. The molecule has 2 aliphatic heterocycles. The summed E-state index contributed by atoms with van der Waals surface area (Å²) in [5.74, 6) is -1.47. The topological polar surface area (TPSA) is 141 Å². The number of hydrogen-bond acceptors (Lipinski definition) is 8. The Morgan fingerprint density at radius 3 is 2.82 bits per heavy atom. The standard InChI is InChI=1S/C22H22FN5O5/c23-15-16(24)14-18-20(17(15)27-7-6-26-13-3-1-2-5-25-13)33-11-22(4-8-32-10-22)28(18)9-12(19(14)29)21(30)31/h1-3,5,9,27H,4,6-8,10-11,24H2,(H,25,26)(H,30,31). The first-order chi connectivity index (χ1) is 15.9. The zero-order valence-corrected chi connectivity index (χ0v) is 17.6. The number of aromatic carboxylic acids is 1. The first-order valence-electron chi connectivity index (χ1n) is 10.5. The van der Waals surface area contributed by atoms with Gasteiger partial charge in [-0.05, 0) is 18.6 Å². The van der Waals surface area contributed by atoms with E-state index in [1.165, 1.54) is 6.20 Å². The number of anilines is 3. The van der Waals surface area contributed by atoms with Crippen LogP contribution in [0.2, 0.25) is 0 Å². The highest BCUT2D eigenvalue weighted by atomic mass is 19.1. The number of carbonyl (C=O) groups is 1. The van der Waals surface area contributed by atoms with Crippen molar-refractivity contribution < 1.29 is 23.8 Å². The van der Waals surface area contributed by atoms with E-state index >= 15 is 4.39 Å². The lowest BCUT2D eigenvalue weighted by molar-refractivity contribution is 0.0690. The summed E-state index contributed by atoms with van der Waals surface area (Å²) < 4.78 is 28.6. The van der Waals surface area contributed by atoms with Crippen molar-refractivity contribution >= 4 is 34.1 Å². The maximum absolute atomic E-state index is 15.3. The quantitative estimate of drug-likeness (QED) is 0.324. The van der Waals surface area contributed by atoms with Crippen LogP contribution < -0.4 is 26.5 Å². The van der Waals surface area contributed by atoms with Crippen LogP contribution in [0.4, 0.5) is 21.6 Å². The summed E-state index contributed by atoms with van der Waals surface area (Å²) in [5, 5.41) is 15.5. The fourth-order valence-corrected chi connectivity index (χ4v) is 4.40. The van der Waals surface area contributed by atoms with Crippen LogP contribution in [-0.4, -0.2) is 53.5 Å². The highest BCUT2D eigenvalue weighted by molar-refractivity contribution is 6.03. The van der Waals surface area contributed by atoms with E-state index in [-0.39, 0.29) is 35.6 Å². The second kappa shape index (κ2) is 7.93. The average molecular weight is 455 g/mol. The number of pyridine rings is 2. The first-order valence-corrected chi connectivity index (χ1v) is 10.5. The summed E-state index contributed by atoms with van der Waals surface area (Å²) in [4.78, 5) is 28.9. The SMILES string of the molecule is Nc1c(F)c(NCCNc2ccccn2)c2c3c1c(=O)c(C(=O)O)cn3C1(CCOC1)CO2. The summed E-state index contributed by atoms with van der Waals surface area (Å²) in [6, 6.07) is 5.46. The summed E-state index contributed by atoms with van der Waals surface area (Å²) in [6.45, 7) is 1.60. The fraction of sp³-hybridized carbons (Fsp3) is 0.318. The van der Waals surface area contributed by atoms with Gasteiger partial charge in [-0.25, -0.2) is 14.2 Å². The predicted molar refractivity (Wildman–Crippen MR) is 120 cm³/mol. The maximum Gasteiger partial charge on any atom is 0.341 e. The molecule has 0 amide bonds. The van der Waals surface area contributed by atoms with Crippen molar-refractivity contribution in [1.82, 2.24) is 9.55 Å². The van der Waals surface area contributed by atoms with Crippen molar-refractivity contribution in [2.75, 3.05) is 49.3 Å². The highest BCUT2D eigenvalue weighted by Crippen LogP contribution is 2.46. The third kappa shape index (κ3) is 3.32. The van der Waals surface area contributed by atoms with Crippen LogP contribution in [-0.2, 0) is 10.3 Å². The minimum Gasteiger partial charge on any atom is -0.487 e. The zero-order valence-electron chi connectivity index (χ0n) is 17.6. The van der Waals surface area contributed by atoms with Gasteiger partial charge in [0.05, 0.1) is 23.2 Å². The second-order valence-corrected chi connectivity index (χ2v) is 8.09. The molecule has 1 fully saturated rings. The van der Waals surface area contributed by atoms with Crippen molar-refractivity contribution in [3.05, 3.63) is 52.2 Å². The number of benzene rings is 1. The molecule has 5 N–H and O–H groups in total. The normalized spacial score (nSPS) is 18.9. The lowest BCUT2D eigenvalue weighted by Crippen LogP contribution is -2.44. The number of nitrogens with two attached hydrogens (primary N) is 1. The Balaban J connectivity index is 1.60. The number of carboxylic acids is 1. The van der Waals surface area contributed by atoms with Gasteiger partial charge in [-0.15, -0.1) is 0 Å². The van der Waals surface area contributed by atoms with Gasteiger partial charge >= 0.3 is 5.97 Å². The van der Waals surface area contributed by atoms with Crippen LogP contribution in [0.5, 0.6) is 5.75 Å². The van der Waals surface area contributed by atoms with E-state index in [4.69, 9.17) is 15.2 Å². The molecule has 1 unspecified atom stereocenters. The minimum atomic E-state index is -1.41. The molecule has 172 valence electrons. The second-order valence-electron chi connectivity index (χ2n) is 8.09. The van der Waals surface area contributed by atoms with E-state index in [9.17, 15) is 14.7 Å². The minimum absolute atomic E-state index is 0.0211. The Morgan fingerprint density at radius 2 is 2.12 bits per heavy atom. The molecular formula is C22H22FN5O5. The molecule has 1 saturated heterocycles. The Hall–Kier alpha value is -3.86. The molecule has 4 heterocycles. The van der Waals surface area contributed by atoms with Crippen molar-refractivity contribution in [2.24, 2.45) is 0 Å². The third-order valence-corrected chi connectivity index (χ3v) is 6.08. The summed E-state index contributed by atoms with van der Waals surface area (Å²) in [5.41, 5.74) is 3.88. The van der Waals surface area contributed by atoms with E-state index in [0.717, 1.165) is 0 Å². The Morgan fingerprint density at radius 1 is 1.30 bits per heavy atom. The van der Waals surface area contributed by atoms with Crippen LogP contribution in [0.1, 0.15) is 16.8 Å². The molecule has 3 aromatic rings. The number of hydrogen-bond donors (Lipinski definition) is 4. The molecule has 0 saturated carbocycles. The third-order valence-electron chi connectivity index (χ3n) is 6.08. The number of ether oxygens (including phenoxy) is 2. The molecule has 1 atom stereocenters. The molecule has 0 aliphatic carbocycles. The van der Waals surface area contributed by atoms with Crippen LogP contribution in [0.25, 0.3) is 10.9 Å². The number of nitrogens with one attached hydrogen (secondary N) is 2. The Labute approximate surface area is 187 Å². The van der Waals surface area contributed by atoms with Gasteiger partial charge in [-0.2, -0.15) is 0 Å². The zero-order chi connectivity index (χ0) is 23.2. The van der Waals surface area contributed by atoms with Gasteiger partial charge in [0.25, 0.3) is 0 Å². The van der Waals surface area contributed by atoms with Crippen molar-refractivity contribution in [3.8, 4) is 5.75 Å². The van der Waals surface area contributed by atoms with Gasteiger partial charge in [-0.3, -0.25) is 4.79 Å². The number of nitrogen functional groups attached to an aromatic ring is 1. The maximum atomic E-state index is 15.3. The number of fused-ring (bicyclic) bond motifs is 1. The van der Waals surface area contributed by atoms with Gasteiger partial charge in [0.1, 0.15) is 29.2 Å². The molecule has 2 aliphatic rings. The molecular weight excluding hydrogens is 433 g/mol. The summed E-state index contributed by atoms with van der Waals surface area (Å²) in [7, 11) is 0. The lowest BCUT2D eigenvalue weighted by Gasteiger charge is -2.38. The van der Waals surface area contributed by atoms with Crippen LogP contribution in [0, 0.1) is 5.82 Å². The number of halogens is 1. The number of rotatable bonds is 6. The molecule has 0 radical (unpaired) electrons. The number of nitrogens with zero attached hydrogens (tertiary/aromatic N) is 2. The van der Waals surface area contributed by atoms with E-state index in [0.29, 0.717) is 31.9 Å². The van der Waals surface area contributed by atoms with E-state index in [2.05, 4.69) is 15.6 Å². The largest absolute Gasteiger partial charge is 0.487 e. The van der Waals surface area contributed by atoms with Gasteiger partial charge in [-0.1, -0.05) is 6.07 Å². The van der Waals surface area contributed by atoms with E-state index in [1.807, 2.05) is 12.1 Å². The van der Waals surface area contributed by atoms with Crippen molar-refractivity contribution in [3.63, 3.8) is 0 Å². The lowest BCUT2D eigenvalue weighted by atomic mass is 9.94. The average Bonchev–Trinajstić information content (AvgIpc) is 3.28. The Bertz CT molecular complexity index is 1300. The van der Waals surface area contributed by atoms with E-state index in [1.54, 1.807) is 16.8 Å². The van der Waals surface area contributed by atoms with Crippen LogP contribution in [0.15, 0.2) is 35.4 Å². The van der Waals surface area contributed by atoms with E-state index < -0.39 is 34.0 Å². The van der Waals surface area contributed by atoms with Gasteiger partial charge in [0, 0.05) is 32.1 Å². The smallest absolute Gasteiger partial charge is 0.341 e. The van der Waals surface area contributed by atoms with Crippen molar-refractivity contribution in [2.45, 2.75) is 12.0 Å². The van der Waals surface area contributed by atoms with Gasteiger partial charge in [0.15, 0.2) is 11.6 Å². The van der Waals surface area contributed by atoms with Crippen molar-refractivity contribution in [1.29, 1.82) is 0 Å². The van der Waals surface area contributed by atoms with Crippen LogP contribution >= 0.6 is 0 Å². The number of carboxylic acid groups (broad SMARTS) is 1. The predicted octanol–water partition coefficient (Wildman–Crippen LogP) is 1.85. The first kappa shape index (κ1) is 21.0. The molecule has 5 rings (SSSR count). The monoisotopic (exact) mass is 455 g/mol. The molecule has 1 spiro atoms. The number of aromatic nitrogens is 2. The molecule has 10 nitrogen and oxygen atoms in total. The summed E-state index contributed by atoms with van der Waals surface area (Å²) in [6.07, 6.45) is 3.50. The molecule has 11 heteroatoms. The van der Waals surface area contributed by atoms with Crippen LogP contribution in [0.3, 0.4) is 0 Å².